The van der Waals surface area contributed by atoms with E-state index in [2.05, 4.69) is 10.4 Å². The Balaban J connectivity index is 1.51. The van der Waals surface area contributed by atoms with Crippen LogP contribution in [-0.4, -0.2) is 15.7 Å². The molecule has 5 nitrogen and oxygen atoms in total. The van der Waals surface area contributed by atoms with Gasteiger partial charge < -0.3 is 10.1 Å². The molecule has 0 fully saturated rings. The number of halogens is 1. The third-order valence-electron chi connectivity index (χ3n) is 4.54. The van der Waals surface area contributed by atoms with Crippen LogP contribution in [0.2, 0.25) is 5.15 Å². The highest BCUT2D eigenvalue weighted by atomic mass is 35.5. The van der Waals surface area contributed by atoms with Crippen LogP contribution in [0.3, 0.4) is 0 Å². The number of carbonyl (C=O) groups excluding carboxylic acids is 1. The van der Waals surface area contributed by atoms with E-state index in [1.165, 1.54) is 0 Å². The monoisotopic (exact) mass is 417 g/mol. The first-order valence-electron chi connectivity index (χ1n) is 9.51. The fraction of sp³-hybridized carbons (Fsp3) is 0.0833. The van der Waals surface area contributed by atoms with Crippen molar-refractivity contribution in [3.05, 3.63) is 107 Å². The standard InChI is InChI=1S/C24H20ClN3O2/c1-17-22(23(25)28(27-17)16-18-9-4-2-5-10-18)24(29)26-19-11-8-14-21(15-19)30-20-12-6-3-7-13-20/h2-15H,16H2,1H3,(H,26,29). The number of nitrogens with one attached hydrogen (secondary N) is 1. The van der Waals surface area contributed by atoms with Crippen LogP contribution < -0.4 is 10.1 Å². The molecule has 0 radical (unpaired) electrons. The molecule has 6 heteroatoms. The molecule has 0 bridgehead atoms. The summed E-state index contributed by atoms with van der Waals surface area (Å²) in [6.45, 7) is 2.27. The van der Waals surface area contributed by atoms with Gasteiger partial charge in [-0.2, -0.15) is 5.10 Å². The maximum absolute atomic E-state index is 12.9. The molecular weight excluding hydrogens is 398 g/mol. The summed E-state index contributed by atoms with van der Waals surface area (Å²) in [5.74, 6) is 1.04. The van der Waals surface area contributed by atoms with E-state index in [4.69, 9.17) is 16.3 Å². The van der Waals surface area contributed by atoms with Crippen molar-refractivity contribution in [1.29, 1.82) is 0 Å². The van der Waals surface area contributed by atoms with E-state index in [9.17, 15) is 4.79 Å². The number of nitrogens with zero attached hydrogens (tertiary/aromatic N) is 2. The Labute approximate surface area is 179 Å². The van der Waals surface area contributed by atoms with Crippen LogP contribution in [0, 0.1) is 6.92 Å². The Morgan fingerprint density at radius 2 is 1.63 bits per heavy atom. The van der Waals surface area contributed by atoms with Crippen molar-refractivity contribution >= 4 is 23.2 Å². The number of benzene rings is 3. The summed E-state index contributed by atoms with van der Waals surface area (Å²) in [7, 11) is 0. The zero-order valence-corrected chi connectivity index (χ0v) is 17.1. The molecule has 0 unspecified atom stereocenters. The van der Waals surface area contributed by atoms with Gasteiger partial charge in [-0.3, -0.25) is 4.79 Å². The zero-order chi connectivity index (χ0) is 20.9. The first-order chi connectivity index (χ1) is 14.6. The van der Waals surface area contributed by atoms with Crippen LogP contribution >= 0.6 is 11.6 Å². The predicted molar refractivity (Wildman–Crippen MR) is 118 cm³/mol. The number of anilines is 1. The molecule has 30 heavy (non-hydrogen) atoms. The van der Waals surface area contributed by atoms with Gasteiger partial charge in [-0.15, -0.1) is 0 Å². The lowest BCUT2D eigenvalue weighted by atomic mass is 10.2. The third kappa shape index (κ3) is 4.53. The summed E-state index contributed by atoms with van der Waals surface area (Å²) in [6, 6.07) is 26.5. The highest BCUT2D eigenvalue weighted by Gasteiger charge is 2.20. The van der Waals surface area contributed by atoms with E-state index in [1.807, 2.05) is 72.8 Å². The molecule has 1 heterocycles. The van der Waals surface area contributed by atoms with Crippen molar-refractivity contribution in [2.75, 3.05) is 5.32 Å². The Kier molecular flexibility index (Phi) is 5.82. The molecule has 0 aliphatic rings. The number of rotatable bonds is 6. The smallest absolute Gasteiger partial charge is 0.260 e. The minimum atomic E-state index is -0.311. The number of hydrogen-bond acceptors (Lipinski definition) is 3. The molecule has 4 aromatic rings. The molecule has 0 aliphatic heterocycles. The van der Waals surface area contributed by atoms with Crippen LogP contribution in [0.25, 0.3) is 0 Å². The summed E-state index contributed by atoms with van der Waals surface area (Å²) in [5.41, 5.74) is 2.60. The molecule has 150 valence electrons. The number of aromatic nitrogens is 2. The molecule has 0 atom stereocenters. The molecule has 0 saturated carbocycles. The summed E-state index contributed by atoms with van der Waals surface area (Å²) in [4.78, 5) is 12.9. The highest BCUT2D eigenvalue weighted by Crippen LogP contribution is 2.26. The van der Waals surface area contributed by atoms with E-state index in [-0.39, 0.29) is 5.91 Å². The van der Waals surface area contributed by atoms with Crippen LogP contribution in [0.15, 0.2) is 84.9 Å². The summed E-state index contributed by atoms with van der Waals surface area (Å²) >= 11 is 6.49. The van der Waals surface area contributed by atoms with E-state index in [0.29, 0.717) is 34.4 Å². The minimum Gasteiger partial charge on any atom is -0.457 e. The molecular formula is C24H20ClN3O2. The lowest BCUT2D eigenvalue weighted by molar-refractivity contribution is 0.102. The average molecular weight is 418 g/mol. The van der Waals surface area contributed by atoms with Gasteiger partial charge >= 0.3 is 0 Å². The Hall–Kier alpha value is -3.57. The largest absolute Gasteiger partial charge is 0.457 e. The second-order valence-corrected chi connectivity index (χ2v) is 7.15. The summed E-state index contributed by atoms with van der Waals surface area (Å²) < 4.78 is 7.47. The number of para-hydroxylation sites is 1. The normalized spacial score (nSPS) is 10.6. The Morgan fingerprint density at radius 3 is 2.37 bits per heavy atom. The molecule has 0 spiro atoms. The quantitative estimate of drug-likeness (QED) is 0.422. The van der Waals surface area contributed by atoms with Crippen LogP contribution in [0.1, 0.15) is 21.6 Å². The van der Waals surface area contributed by atoms with Crippen LogP contribution in [-0.2, 0) is 6.54 Å². The SMILES string of the molecule is Cc1nn(Cc2ccccc2)c(Cl)c1C(=O)Nc1cccc(Oc2ccccc2)c1. The van der Waals surface area contributed by atoms with E-state index in [1.54, 1.807) is 23.7 Å². The first kappa shape index (κ1) is 19.7. The van der Waals surface area contributed by atoms with Crippen molar-refractivity contribution in [1.82, 2.24) is 9.78 Å². The molecule has 4 rings (SSSR count). The van der Waals surface area contributed by atoms with Gasteiger partial charge in [-0.25, -0.2) is 4.68 Å². The van der Waals surface area contributed by atoms with Crippen molar-refractivity contribution in [2.24, 2.45) is 0 Å². The minimum absolute atomic E-state index is 0.311. The number of ether oxygens (including phenoxy) is 1. The maximum atomic E-state index is 12.9. The second-order valence-electron chi connectivity index (χ2n) is 6.79. The molecule has 0 saturated heterocycles. The first-order valence-corrected chi connectivity index (χ1v) is 9.89. The number of amides is 1. The van der Waals surface area contributed by atoms with E-state index >= 15 is 0 Å². The molecule has 1 N–H and O–H groups in total. The van der Waals surface area contributed by atoms with Crippen molar-refractivity contribution in [3.63, 3.8) is 0 Å². The predicted octanol–water partition coefficient (Wildman–Crippen LogP) is 5.94. The van der Waals surface area contributed by atoms with Gasteiger partial charge in [0.05, 0.1) is 17.8 Å². The molecule has 1 amide bonds. The van der Waals surface area contributed by atoms with Crippen molar-refractivity contribution < 1.29 is 9.53 Å². The van der Waals surface area contributed by atoms with Gasteiger partial charge in [0.1, 0.15) is 16.7 Å². The molecule has 0 aliphatic carbocycles. The van der Waals surface area contributed by atoms with E-state index < -0.39 is 0 Å². The average Bonchev–Trinajstić information content (AvgIpc) is 3.03. The van der Waals surface area contributed by atoms with Gasteiger partial charge in [0.25, 0.3) is 5.91 Å². The number of hydrogen-bond donors (Lipinski definition) is 1. The highest BCUT2D eigenvalue weighted by molar-refractivity contribution is 6.33. The fourth-order valence-electron chi connectivity index (χ4n) is 3.13. The van der Waals surface area contributed by atoms with Gasteiger partial charge in [0.15, 0.2) is 0 Å². The molecule has 3 aromatic carbocycles. The van der Waals surface area contributed by atoms with Gasteiger partial charge in [0.2, 0.25) is 0 Å². The van der Waals surface area contributed by atoms with Crippen molar-refractivity contribution in [3.8, 4) is 11.5 Å². The Bertz CT molecular complexity index is 1160. The van der Waals surface area contributed by atoms with Gasteiger partial charge in [-0.05, 0) is 36.8 Å². The number of carbonyl (C=O) groups is 1. The second kappa shape index (κ2) is 8.84. The maximum Gasteiger partial charge on any atom is 0.260 e. The summed E-state index contributed by atoms with van der Waals surface area (Å²) in [5, 5.41) is 7.64. The third-order valence-corrected chi connectivity index (χ3v) is 4.92. The summed E-state index contributed by atoms with van der Waals surface area (Å²) in [6.07, 6.45) is 0. The lowest BCUT2D eigenvalue weighted by Gasteiger charge is -2.09. The van der Waals surface area contributed by atoms with Crippen LogP contribution in [0.4, 0.5) is 5.69 Å². The zero-order valence-electron chi connectivity index (χ0n) is 16.4. The lowest BCUT2D eigenvalue weighted by Crippen LogP contribution is -2.13. The van der Waals surface area contributed by atoms with Crippen molar-refractivity contribution in [2.45, 2.75) is 13.5 Å². The van der Waals surface area contributed by atoms with Crippen LogP contribution in [0.5, 0.6) is 11.5 Å². The topological polar surface area (TPSA) is 56.2 Å². The Morgan fingerprint density at radius 1 is 0.967 bits per heavy atom. The number of aryl methyl sites for hydroxylation is 1. The van der Waals surface area contributed by atoms with Gasteiger partial charge in [-0.1, -0.05) is 66.2 Å². The van der Waals surface area contributed by atoms with E-state index in [0.717, 1.165) is 11.3 Å². The fourth-order valence-corrected chi connectivity index (χ4v) is 3.45. The molecule has 1 aromatic heterocycles. The van der Waals surface area contributed by atoms with Gasteiger partial charge in [0, 0.05) is 11.8 Å².